The van der Waals surface area contributed by atoms with Crippen LogP contribution in [0, 0.1) is 0 Å². The molecular formula is C30H28N2O3. The molecule has 5 rings (SSSR count). The zero-order valence-corrected chi connectivity index (χ0v) is 19.3. The number of aliphatic hydroxyl groups is 2. The molecule has 0 spiro atoms. The number of carbonyl (C=O) groups is 1. The van der Waals surface area contributed by atoms with Crippen LogP contribution in [0.2, 0.25) is 0 Å². The van der Waals surface area contributed by atoms with Crippen LogP contribution in [0.4, 0.5) is 0 Å². The SMILES string of the molecule is O=C1c2ccccc2C(N[C@@H](CO)[C@@H](O)c2ccccc2)(c2ccccc2)N1Cc1ccccc1. The van der Waals surface area contributed by atoms with E-state index in [2.05, 4.69) is 5.32 Å². The number of aliphatic hydroxyl groups excluding tert-OH is 2. The minimum Gasteiger partial charge on any atom is -0.395 e. The van der Waals surface area contributed by atoms with Crippen molar-refractivity contribution in [1.82, 2.24) is 10.2 Å². The largest absolute Gasteiger partial charge is 0.395 e. The minimum absolute atomic E-state index is 0.105. The van der Waals surface area contributed by atoms with Gasteiger partial charge in [0.1, 0.15) is 5.66 Å². The molecular weight excluding hydrogens is 436 g/mol. The lowest BCUT2D eigenvalue weighted by molar-refractivity contribution is 0.0225. The smallest absolute Gasteiger partial charge is 0.256 e. The van der Waals surface area contributed by atoms with Gasteiger partial charge in [-0.3, -0.25) is 10.1 Å². The zero-order valence-electron chi connectivity index (χ0n) is 19.3. The predicted octanol–water partition coefficient (Wildman–Crippen LogP) is 4.23. The van der Waals surface area contributed by atoms with E-state index < -0.39 is 17.8 Å². The lowest BCUT2D eigenvalue weighted by Crippen LogP contribution is -2.59. The first kappa shape index (κ1) is 23.0. The molecule has 4 aromatic carbocycles. The third-order valence-electron chi connectivity index (χ3n) is 6.69. The van der Waals surface area contributed by atoms with Crippen LogP contribution >= 0.6 is 0 Å². The second-order valence-corrected chi connectivity index (χ2v) is 8.79. The Morgan fingerprint density at radius 2 is 1.34 bits per heavy atom. The summed E-state index contributed by atoms with van der Waals surface area (Å²) >= 11 is 0. The maximum Gasteiger partial charge on any atom is 0.256 e. The first-order valence-electron chi connectivity index (χ1n) is 11.8. The third kappa shape index (κ3) is 4.15. The number of amides is 1. The number of carbonyl (C=O) groups excluding carboxylic acids is 1. The van der Waals surface area contributed by atoms with Crippen LogP contribution in [-0.2, 0) is 12.2 Å². The molecule has 1 amide bonds. The molecule has 0 aromatic heterocycles. The van der Waals surface area contributed by atoms with Gasteiger partial charge < -0.3 is 15.1 Å². The van der Waals surface area contributed by atoms with Crippen molar-refractivity contribution in [3.63, 3.8) is 0 Å². The van der Waals surface area contributed by atoms with Crippen LogP contribution < -0.4 is 5.32 Å². The number of nitrogens with one attached hydrogen (secondary N) is 1. The summed E-state index contributed by atoms with van der Waals surface area (Å²) in [6.07, 6.45) is -0.983. The second kappa shape index (κ2) is 9.84. The van der Waals surface area contributed by atoms with Gasteiger partial charge in [-0.15, -0.1) is 0 Å². The molecule has 176 valence electrons. The fraction of sp³-hybridized carbons (Fsp3) is 0.167. The van der Waals surface area contributed by atoms with Crippen LogP contribution in [0.15, 0.2) is 115 Å². The summed E-state index contributed by atoms with van der Waals surface area (Å²) in [5.41, 5.74) is 2.84. The fourth-order valence-electron chi connectivity index (χ4n) is 4.99. The van der Waals surface area contributed by atoms with E-state index in [0.717, 1.165) is 16.7 Å². The maximum absolute atomic E-state index is 13.9. The molecule has 0 fully saturated rings. The van der Waals surface area contributed by atoms with Crippen molar-refractivity contribution in [3.05, 3.63) is 143 Å². The molecule has 4 aromatic rings. The highest BCUT2D eigenvalue weighted by atomic mass is 16.3. The average Bonchev–Trinajstić information content (AvgIpc) is 3.16. The summed E-state index contributed by atoms with van der Waals surface area (Å²) in [5, 5.41) is 25.3. The first-order chi connectivity index (χ1) is 17.1. The van der Waals surface area contributed by atoms with Crippen molar-refractivity contribution in [2.45, 2.75) is 24.4 Å². The number of nitrogens with zero attached hydrogens (tertiary/aromatic N) is 1. The van der Waals surface area contributed by atoms with Crippen molar-refractivity contribution in [1.29, 1.82) is 0 Å². The van der Waals surface area contributed by atoms with Gasteiger partial charge in [-0.25, -0.2) is 0 Å². The summed E-state index contributed by atoms with van der Waals surface area (Å²) in [6.45, 7) is 0.0377. The molecule has 0 bridgehead atoms. The highest BCUT2D eigenvalue weighted by Crippen LogP contribution is 2.44. The van der Waals surface area contributed by atoms with Crippen LogP contribution in [0.5, 0.6) is 0 Å². The van der Waals surface area contributed by atoms with Gasteiger partial charge >= 0.3 is 0 Å². The molecule has 0 radical (unpaired) electrons. The highest BCUT2D eigenvalue weighted by Gasteiger charge is 2.52. The molecule has 5 nitrogen and oxygen atoms in total. The first-order valence-corrected chi connectivity index (χ1v) is 11.8. The molecule has 0 aliphatic carbocycles. The molecule has 3 atom stereocenters. The van der Waals surface area contributed by atoms with Gasteiger partial charge in [0.25, 0.3) is 5.91 Å². The summed E-state index contributed by atoms with van der Waals surface area (Å²) < 4.78 is 0. The Morgan fingerprint density at radius 1 is 0.771 bits per heavy atom. The van der Waals surface area contributed by atoms with E-state index in [-0.39, 0.29) is 12.5 Å². The van der Waals surface area contributed by atoms with E-state index in [9.17, 15) is 15.0 Å². The highest BCUT2D eigenvalue weighted by molar-refractivity contribution is 6.00. The van der Waals surface area contributed by atoms with Gasteiger partial charge in [0.05, 0.1) is 18.8 Å². The quantitative estimate of drug-likeness (QED) is 0.365. The number of rotatable bonds is 8. The summed E-state index contributed by atoms with van der Waals surface area (Å²) in [6, 6.07) is 35.7. The lowest BCUT2D eigenvalue weighted by atomic mass is 9.88. The Balaban J connectivity index is 1.67. The van der Waals surface area contributed by atoms with Crippen LogP contribution in [-0.4, -0.2) is 33.7 Å². The Bertz CT molecular complexity index is 1280. The van der Waals surface area contributed by atoms with E-state index in [1.807, 2.05) is 120 Å². The average molecular weight is 465 g/mol. The van der Waals surface area contributed by atoms with Crippen molar-refractivity contribution < 1.29 is 15.0 Å². The molecule has 1 aliphatic heterocycles. The van der Waals surface area contributed by atoms with E-state index in [4.69, 9.17) is 0 Å². The van der Waals surface area contributed by atoms with E-state index >= 15 is 0 Å². The topological polar surface area (TPSA) is 72.8 Å². The minimum atomic E-state index is -1.09. The van der Waals surface area contributed by atoms with Crippen molar-refractivity contribution in [2.75, 3.05) is 6.61 Å². The molecule has 1 aliphatic rings. The van der Waals surface area contributed by atoms with E-state index in [1.165, 1.54) is 0 Å². The molecule has 0 saturated carbocycles. The van der Waals surface area contributed by atoms with Crippen molar-refractivity contribution in [3.8, 4) is 0 Å². The van der Waals surface area contributed by atoms with Gasteiger partial charge in [-0.2, -0.15) is 0 Å². The molecule has 5 heteroatoms. The number of hydrogen-bond donors (Lipinski definition) is 3. The number of hydrogen-bond acceptors (Lipinski definition) is 4. The molecule has 35 heavy (non-hydrogen) atoms. The van der Waals surface area contributed by atoms with Crippen molar-refractivity contribution >= 4 is 5.91 Å². The Hall–Kier alpha value is -3.77. The van der Waals surface area contributed by atoms with Gasteiger partial charge in [-0.1, -0.05) is 109 Å². The normalized spacial score (nSPS) is 18.8. The Labute approximate surface area is 205 Å². The zero-order chi connectivity index (χ0) is 24.3. The van der Waals surface area contributed by atoms with Gasteiger partial charge in [-0.05, 0) is 22.8 Å². The number of benzene rings is 4. The fourth-order valence-corrected chi connectivity index (χ4v) is 4.99. The number of fused-ring (bicyclic) bond motifs is 1. The van der Waals surface area contributed by atoms with E-state index in [0.29, 0.717) is 17.7 Å². The molecule has 1 heterocycles. The van der Waals surface area contributed by atoms with Gasteiger partial charge in [0, 0.05) is 17.7 Å². The Morgan fingerprint density at radius 3 is 2.00 bits per heavy atom. The van der Waals surface area contributed by atoms with Crippen LogP contribution in [0.3, 0.4) is 0 Å². The molecule has 3 N–H and O–H groups in total. The molecule has 1 unspecified atom stereocenters. The summed E-state index contributed by atoms with van der Waals surface area (Å²) in [5.74, 6) is -0.105. The van der Waals surface area contributed by atoms with Crippen LogP contribution in [0.1, 0.15) is 38.7 Å². The van der Waals surface area contributed by atoms with E-state index in [1.54, 1.807) is 0 Å². The Kier molecular flexibility index (Phi) is 6.47. The van der Waals surface area contributed by atoms with Crippen molar-refractivity contribution in [2.24, 2.45) is 0 Å². The monoisotopic (exact) mass is 464 g/mol. The summed E-state index contributed by atoms with van der Waals surface area (Å²) in [7, 11) is 0. The maximum atomic E-state index is 13.9. The third-order valence-corrected chi connectivity index (χ3v) is 6.69. The molecule has 0 saturated heterocycles. The van der Waals surface area contributed by atoms with Gasteiger partial charge in [0.15, 0.2) is 0 Å². The summed E-state index contributed by atoms with van der Waals surface area (Å²) in [4.78, 5) is 15.7. The predicted molar refractivity (Wildman–Crippen MR) is 135 cm³/mol. The second-order valence-electron chi connectivity index (χ2n) is 8.79. The van der Waals surface area contributed by atoms with Gasteiger partial charge in [0.2, 0.25) is 0 Å². The lowest BCUT2D eigenvalue weighted by Gasteiger charge is -2.44. The standard InChI is InChI=1S/C30H28N2O3/c33-21-27(28(34)23-14-6-2-7-15-23)31-30(24-16-8-3-9-17-24)26-19-11-10-18-25(26)29(35)32(30)20-22-12-4-1-5-13-22/h1-19,27-28,31,33-34H,20-21H2/t27-,28-,30?/m0/s1. The van der Waals surface area contributed by atoms with Crippen LogP contribution in [0.25, 0.3) is 0 Å².